The standard InChI is InChI=1S/C15H18F2O2/c1-18-12-4-2-10(3-5-12)8-19-9-11-6-13-14(7-11)15(13,16)17/h2-5,11,13-14H,6-9H2,1H3. The molecule has 3 rings (SSSR count). The van der Waals surface area contributed by atoms with Crippen LogP contribution in [-0.4, -0.2) is 19.6 Å². The number of ether oxygens (including phenoxy) is 2. The van der Waals surface area contributed by atoms with Crippen molar-refractivity contribution in [2.24, 2.45) is 17.8 Å². The van der Waals surface area contributed by atoms with Crippen molar-refractivity contribution >= 4 is 0 Å². The molecule has 0 aliphatic heterocycles. The van der Waals surface area contributed by atoms with Gasteiger partial charge in [0.15, 0.2) is 0 Å². The fourth-order valence-electron chi connectivity index (χ4n) is 3.12. The summed E-state index contributed by atoms with van der Waals surface area (Å²) in [4.78, 5) is 0. The predicted molar refractivity (Wildman–Crippen MR) is 67.3 cm³/mol. The minimum Gasteiger partial charge on any atom is -0.497 e. The van der Waals surface area contributed by atoms with E-state index in [9.17, 15) is 8.78 Å². The maximum atomic E-state index is 13.0. The smallest absolute Gasteiger partial charge is 0.254 e. The van der Waals surface area contributed by atoms with Gasteiger partial charge in [-0.15, -0.1) is 0 Å². The molecule has 0 radical (unpaired) electrons. The van der Waals surface area contributed by atoms with E-state index >= 15 is 0 Å². The summed E-state index contributed by atoms with van der Waals surface area (Å²) in [5, 5.41) is 0. The molecule has 2 unspecified atom stereocenters. The zero-order chi connectivity index (χ0) is 13.5. The van der Waals surface area contributed by atoms with Crippen molar-refractivity contribution in [1.29, 1.82) is 0 Å². The summed E-state index contributed by atoms with van der Waals surface area (Å²) < 4.78 is 36.7. The largest absolute Gasteiger partial charge is 0.497 e. The highest BCUT2D eigenvalue weighted by atomic mass is 19.3. The third-order valence-corrected chi connectivity index (χ3v) is 4.32. The van der Waals surface area contributed by atoms with Gasteiger partial charge in [-0.3, -0.25) is 0 Å². The average molecular weight is 268 g/mol. The Kier molecular flexibility index (Phi) is 3.21. The molecule has 104 valence electrons. The molecule has 2 nitrogen and oxygen atoms in total. The molecule has 2 saturated carbocycles. The summed E-state index contributed by atoms with van der Waals surface area (Å²) in [5.41, 5.74) is 1.08. The van der Waals surface area contributed by atoms with Crippen LogP contribution in [-0.2, 0) is 11.3 Å². The van der Waals surface area contributed by atoms with Crippen LogP contribution < -0.4 is 4.74 Å². The fraction of sp³-hybridized carbons (Fsp3) is 0.600. The second kappa shape index (κ2) is 4.75. The van der Waals surface area contributed by atoms with Crippen molar-refractivity contribution in [3.63, 3.8) is 0 Å². The Morgan fingerprint density at radius 2 is 1.79 bits per heavy atom. The van der Waals surface area contributed by atoms with E-state index in [1.165, 1.54) is 0 Å². The summed E-state index contributed by atoms with van der Waals surface area (Å²) in [6.07, 6.45) is 1.25. The molecule has 0 bridgehead atoms. The van der Waals surface area contributed by atoms with Crippen LogP contribution in [0.15, 0.2) is 24.3 Å². The van der Waals surface area contributed by atoms with E-state index in [0.29, 0.717) is 32.0 Å². The summed E-state index contributed by atoms with van der Waals surface area (Å²) in [7, 11) is 1.63. The number of halogens is 2. The molecule has 0 saturated heterocycles. The van der Waals surface area contributed by atoms with Crippen LogP contribution in [0.3, 0.4) is 0 Å². The van der Waals surface area contributed by atoms with Crippen molar-refractivity contribution in [3.05, 3.63) is 29.8 Å². The number of benzene rings is 1. The van der Waals surface area contributed by atoms with Gasteiger partial charge >= 0.3 is 0 Å². The van der Waals surface area contributed by atoms with Crippen LogP contribution >= 0.6 is 0 Å². The molecule has 1 aromatic carbocycles. The highest BCUT2D eigenvalue weighted by molar-refractivity contribution is 5.26. The Balaban J connectivity index is 1.40. The van der Waals surface area contributed by atoms with E-state index in [-0.39, 0.29) is 11.8 Å². The summed E-state index contributed by atoms with van der Waals surface area (Å²) >= 11 is 0. The first-order valence-electron chi connectivity index (χ1n) is 6.69. The second-order valence-electron chi connectivity index (χ2n) is 5.59. The van der Waals surface area contributed by atoms with Gasteiger partial charge in [0.1, 0.15) is 5.75 Å². The van der Waals surface area contributed by atoms with Crippen LogP contribution in [0.4, 0.5) is 8.78 Å². The van der Waals surface area contributed by atoms with Crippen molar-refractivity contribution in [3.8, 4) is 5.75 Å². The topological polar surface area (TPSA) is 18.5 Å². The summed E-state index contributed by atoms with van der Waals surface area (Å²) in [6, 6.07) is 7.70. The van der Waals surface area contributed by atoms with E-state index in [1.807, 2.05) is 24.3 Å². The van der Waals surface area contributed by atoms with Crippen LogP contribution in [0, 0.1) is 17.8 Å². The molecule has 2 fully saturated rings. The molecule has 2 aliphatic rings. The molecule has 0 heterocycles. The molecule has 2 aliphatic carbocycles. The first-order chi connectivity index (χ1) is 9.11. The molecule has 0 amide bonds. The van der Waals surface area contributed by atoms with Crippen molar-refractivity contribution in [2.45, 2.75) is 25.4 Å². The molecule has 4 heteroatoms. The van der Waals surface area contributed by atoms with Gasteiger partial charge in [-0.25, -0.2) is 8.78 Å². The lowest BCUT2D eigenvalue weighted by molar-refractivity contribution is 0.0376. The number of methoxy groups -OCH3 is 1. The Morgan fingerprint density at radius 1 is 1.16 bits per heavy atom. The minimum atomic E-state index is -2.37. The Bertz CT molecular complexity index is 430. The van der Waals surface area contributed by atoms with Crippen LogP contribution in [0.1, 0.15) is 18.4 Å². The fourth-order valence-corrected chi connectivity index (χ4v) is 3.12. The number of fused-ring (bicyclic) bond motifs is 1. The van der Waals surface area contributed by atoms with E-state index in [1.54, 1.807) is 7.11 Å². The lowest BCUT2D eigenvalue weighted by atomic mass is 10.0. The number of hydrogen-bond donors (Lipinski definition) is 0. The molecule has 1 aromatic rings. The van der Waals surface area contributed by atoms with E-state index in [0.717, 1.165) is 11.3 Å². The first-order valence-corrected chi connectivity index (χ1v) is 6.69. The number of alkyl halides is 2. The maximum absolute atomic E-state index is 13.0. The van der Waals surface area contributed by atoms with Crippen molar-refractivity contribution in [1.82, 2.24) is 0 Å². The lowest BCUT2D eigenvalue weighted by Gasteiger charge is -2.14. The van der Waals surface area contributed by atoms with Crippen LogP contribution in [0.5, 0.6) is 5.75 Å². The molecular formula is C15H18F2O2. The van der Waals surface area contributed by atoms with Crippen molar-refractivity contribution in [2.75, 3.05) is 13.7 Å². The van der Waals surface area contributed by atoms with Gasteiger partial charge in [0.25, 0.3) is 5.92 Å². The Hall–Kier alpha value is -1.16. The third-order valence-electron chi connectivity index (χ3n) is 4.32. The minimum absolute atomic E-state index is 0.313. The molecule has 0 N–H and O–H groups in total. The monoisotopic (exact) mass is 268 g/mol. The van der Waals surface area contributed by atoms with Crippen molar-refractivity contribution < 1.29 is 18.3 Å². The number of hydrogen-bond acceptors (Lipinski definition) is 2. The summed E-state index contributed by atoms with van der Waals surface area (Å²) in [5.74, 6) is -1.95. The van der Waals surface area contributed by atoms with Gasteiger partial charge in [-0.2, -0.15) is 0 Å². The van der Waals surface area contributed by atoms with Crippen LogP contribution in [0.2, 0.25) is 0 Å². The number of rotatable bonds is 5. The van der Waals surface area contributed by atoms with Gasteiger partial charge < -0.3 is 9.47 Å². The maximum Gasteiger partial charge on any atom is 0.254 e. The highest BCUT2D eigenvalue weighted by Crippen LogP contribution is 2.65. The van der Waals surface area contributed by atoms with Crippen LogP contribution in [0.25, 0.3) is 0 Å². The van der Waals surface area contributed by atoms with Gasteiger partial charge in [0, 0.05) is 18.4 Å². The molecule has 2 atom stereocenters. The first kappa shape index (κ1) is 12.9. The molecule has 0 spiro atoms. The van der Waals surface area contributed by atoms with Gasteiger partial charge in [0.05, 0.1) is 13.7 Å². The highest BCUT2D eigenvalue weighted by Gasteiger charge is 2.71. The molecule has 0 aromatic heterocycles. The SMILES string of the molecule is COc1ccc(COCC2CC3C(C2)C3(F)F)cc1. The molecular weight excluding hydrogens is 250 g/mol. The quantitative estimate of drug-likeness (QED) is 0.813. The Labute approximate surface area is 111 Å². The van der Waals surface area contributed by atoms with E-state index < -0.39 is 5.92 Å². The zero-order valence-electron chi connectivity index (χ0n) is 10.9. The third kappa shape index (κ3) is 2.46. The van der Waals surface area contributed by atoms with E-state index in [4.69, 9.17) is 9.47 Å². The normalized spacial score (nSPS) is 31.0. The van der Waals surface area contributed by atoms with E-state index in [2.05, 4.69) is 0 Å². The Morgan fingerprint density at radius 3 is 2.37 bits per heavy atom. The van der Waals surface area contributed by atoms with Gasteiger partial charge in [0.2, 0.25) is 0 Å². The van der Waals surface area contributed by atoms with Gasteiger partial charge in [-0.1, -0.05) is 12.1 Å². The van der Waals surface area contributed by atoms with Gasteiger partial charge in [-0.05, 0) is 36.5 Å². The lowest BCUT2D eigenvalue weighted by Crippen LogP contribution is -2.13. The average Bonchev–Trinajstić information content (AvgIpc) is 2.80. The predicted octanol–water partition coefficient (Wildman–Crippen LogP) is 3.50. The zero-order valence-corrected chi connectivity index (χ0v) is 10.9. The second-order valence-corrected chi connectivity index (χ2v) is 5.59. The summed E-state index contributed by atoms with van der Waals surface area (Å²) in [6.45, 7) is 1.13. The molecule has 19 heavy (non-hydrogen) atoms.